The second-order valence-electron chi connectivity index (χ2n) is 6.73. The standard InChI is InChI=1S/C19H23N3O5S/c1-28(25,26)22-11-3-2-5-16(22)18(23)20-13-14-7-9-15(10-8-14)21-19(24)17-6-4-12-27-17/h4,6-10,12,16H,2-3,5,11,13H2,1H3,(H,20,23)(H,21,24)/t16-/m1/s1. The third-order valence-electron chi connectivity index (χ3n) is 4.61. The summed E-state index contributed by atoms with van der Waals surface area (Å²) in [6.45, 7) is 0.653. The van der Waals surface area contributed by atoms with Gasteiger partial charge in [0.05, 0.1) is 12.5 Å². The van der Waals surface area contributed by atoms with Crippen LogP contribution in [0.2, 0.25) is 0 Å². The molecule has 2 N–H and O–H groups in total. The summed E-state index contributed by atoms with van der Waals surface area (Å²) in [6, 6.07) is 9.58. The maximum atomic E-state index is 12.5. The minimum atomic E-state index is -3.41. The average Bonchev–Trinajstić information content (AvgIpc) is 3.21. The molecule has 1 aromatic carbocycles. The molecule has 8 nitrogen and oxygen atoms in total. The highest BCUT2D eigenvalue weighted by atomic mass is 32.2. The van der Waals surface area contributed by atoms with Gasteiger partial charge in [0.1, 0.15) is 6.04 Å². The Morgan fingerprint density at radius 2 is 1.93 bits per heavy atom. The van der Waals surface area contributed by atoms with Crippen LogP contribution in [0.1, 0.15) is 35.4 Å². The summed E-state index contributed by atoms with van der Waals surface area (Å²) >= 11 is 0. The Bertz CT molecular complexity index is 923. The van der Waals surface area contributed by atoms with Crippen molar-refractivity contribution in [2.24, 2.45) is 0 Å². The number of rotatable bonds is 6. The highest BCUT2D eigenvalue weighted by molar-refractivity contribution is 7.88. The maximum absolute atomic E-state index is 12.5. The molecule has 0 radical (unpaired) electrons. The fourth-order valence-electron chi connectivity index (χ4n) is 3.18. The normalized spacial score (nSPS) is 17.8. The fraction of sp³-hybridized carbons (Fsp3) is 0.368. The quantitative estimate of drug-likeness (QED) is 0.764. The molecule has 2 heterocycles. The molecule has 9 heteroatoms. The van der Waals surface area contributed by atoms with Crippen molar-refractivity contribution in [3.05, 3.63) is 54.0 Å². The van der Waals surface area contributed by atoms with E-state index in [0.717, 1.165) is 24.7 Å². The van der Waals surface area contributed by atoms with Gasteiger partial charge in [-0.3, -0.25) is 9.59 Å². The van der Waals surface area contributed by atoms with Crippen molar-refractivity contribution in [2.75, 3.05) is 18.1 Å². The lowest BCUT2D eigenvalue weighted by atomic mass is 10.0. The molecule has 1 aromatic heterocycles. The second kappa shape index (κ2) is 8.57. The van der Waals surface area contributed by atoms with Gasteiger partial charge in [-0.2, -0.15) is 4.31 Å². The topological polar surface area (TPSA) is 109 Å². The van der Waals surface area contributed by atoms with E-state index < -0.39 is 16.1 Å². The van der Waals surface area contributed by atoms with Gasteiger partial charge in [0.2, 0.25) is 15.9 Å². The first-order valence-electron chi connectivity index (χ1n) is 9.03. The Labute approximate surface area is 164 Å². The van der Waals surface area contributed by atoms with E-state index in [1.54, 1.807) is 36.4 Å². The zero-order chi connectivity index (χ0) is 20.1. The summed E-state index contributed by atoms with van der Waals surface area (Å²) in [7, 11) is -3.41. The van der Waals surface area contributed by atoms with Crippen LogP contribution >= 0.6 is 0 Å². The van der Waals surface area contributed by atoms with Crippen molar-refractivity contribution in [3.8, 4) is 0 Å². The number of nitrogens with zero attached hydrogens (tertiary/aromatic N) is 1. The number of nitrogens with one attached hydrogen (secondary N) is 2. The summed E-state index contributed by atoms with van der Waals surface area (Å²) < 4.78 is 30.1. The van der Waals surface area contributed by atoms with Crippen molar-refractivity contribution >= 4 is 27.5 Å². The van der Waals surface area contributed by atoms with E-state index in [0.29, 0.717) is 18.7 Å². The molecular weight excluding hydrogens is 382 g/mol. The SMILES string of the molecule is CS(=O)(=O)N1CCCC[C@@H]1C(=O)NCc1ccc(NC(=O)c2ccco2)cc1. The Morgan fingerprint density at radius 3 is 2.57 bits per heavy atom. The van der Waals surface area contributed by atoms with Gasteiger partial charge in [0, 0.05) is 18.8 Å². The van der Waals surface area contributed by atoms with Crippen LogP contribution in [0.5, 0.6) is 0 Å². The minimum absolute atomic E-state index is 0.222. The number of carbonyl (C=O) groups excluding carboxylic acids is 2. The molecule has 0 bridgehead atoms. The molecule has 0 aliphatic carbocycles. The molecule has 0 unspecified atom stereocenters. The van der Waals surface area contributed by atoms with Crippen molar-refractivity contribution in [1.82, 2.24) is 9.62 Å². The van der Waals surface area contributed by atoms with E-state index in [-0.39, 0.29) is 24.1 Å². The highest BCUT2D eigenvalue weighted by Crippen LogP contribution is 2.20. The smallest absolute Gasteiger partial charge is 0.291 e. The minimum Gasteiger partial charge on any atom is -0.459 e. The van der Waals surface area contributed by atoms with E-state index in [4.69, 9.17) is 4.42 Å². The molecule has 1 aliphatic rings. The summed E-state index contributed by atoms with van der Waals surface area (Å²) in [5.41, 5.74) is 1.44. The van der Waals surface area contributed by atoms with Crippen molar-refractivity contribution in [1.29, 1.82) is 0 Å². The number of amides is 2. The zero-order valence-corrected chi connectivity index (χ0v) is 16.4. The predicted molar refractivity (Wildman–Crippen MR) is 104 cm³/mol. The van der Waals surface area contributed by atoms with Gasteiger partial charge in [-0.25, -0.2) is 8.42 Å². The molecule has 2 aromatic rings. The fourth-order valence-corrected chi connectivity index (χ4v) is 4.30. The lowest BCUT2D eigenvalue weighted by Crippen LogP contribution is -2.51. The lowest BCUT2D eigenvalue weighted by molar-refractivity contribution is -0.125. The number of furan rings is 1. The molecule has 0 spiro atoms. The number of benzene rings is 1. The molecular formula is C19H23N3O5S. The Hall–Kier alpha value is -2.65. The Kier molecular flexibility index (Phi) is 6.15. The second-order valence-corrected chi connectivity index (χ2v) is 8.67. The molecule has 28 heavy (non-hydrogen) atoms. The van der Waals surface area contributed by atoms with Crippen LogP contribution in [-0.2, 0) is 21.4 Å². The molecule has 1 fully saturated rings. The van der Waals surface area contributed by atoms with Crippen LogP contribution < -0.4 is 10.6 Å². The third-order valence-corrected chi connectivity index (χ3v) is 5.89. The summed E-state index contributed by atoms with van der Waals surface area (Å²) in [4.78, 5) is 24.4. The summed E-state index contributed by atoms with van der Waals surface area (Å²) in [6.07, 6.45) is 4.68. The van der Waals surface area contributed by atoms with Crippen LogP contribution in [0, 0.1) is 0 Å². The number of hydrogen-bond acceptors (Lipinski definition) is 5. The number of sulfonamides is 1. The molecule has 1 aliphatic heterocycles. The van der Waals surface area contributed by atoms with Crippen LogP contribution in [0.15, 0.2) is 47.1 Å². The molecule has 2 amide bonds. The largest absolute Gasteiger partial charge is 0.459 e. The van der Waals surface area contributed by atoms with Crippen LogP contribution in [-0.4, -0.2) is 43.4 Å². The van der Waals surface area contributed by atoms with Crippen molar-refractivity contribution < 1.29 is 22.4 Å². The van der Waals surface area contributed by atoms with Crippen LogP contribution in [0.25, 0.3) is 0 Å². The van der Waals surface area contributed by atoms with Gasteiger partial charge >= 0.3 is 0 Å². The van der Waals surface area contributed by atoms with Gasteiger partial charge in [0.15, 0.2) is 5.76 Å². The molecule has 0 saturated carbocycles. The molecule has 3 rings (SSSR count). The van der Waals surface area contributed by atoms with Gasteiger partial charge in [-0.15, -0.1) is 0 Å². The summed E-state index contributed by atoms with van der Waals surface area (Å²) in [5, 5.41) is 5.52. The van der Waals surface area contributed by atoms with Crippen LogP contribution in [0.4, 0.5) is 5.69 Å². The maximum Gasteiger partial charge on any atom is 0.291 e. The Morgan fingerprint density at radius 1 is 1.18 bits per heavy atom. The van der Waals surface area contributed by atoms with Crippen molar-refractivity contribution in [2.45, 2.75) is 31.8 Å². The van der Waals surface area contributed by atoms with Gasteiger partial charge in [-0.05, 0) is 42.7 Å². The van der Waals surface area contributed by atoms with Crippen molar-refractivity contribution in [3.63, 3.8) is 0 Å². The number of hydrogen-bond donors (Lipinski definition) is 2. The first-order chi connectivity index (χ1) is 13.3. The number of anilines is 1. The van der Waals surface area contributed by atoms with Gasteiger partial charge in [-0.1, -0.05) is 18.6 Å². The summed E-state index contributed by atoms with van der Waals surface area (Å²) in [5.74, 6) is -0.413. The van der Waals surface area contributed by atoms with Gasteiger partial charge in [0.25, 0.3) is 5.91 Å². The first kappa shape index (κ1) is 20.1. The molecule has 150 valence electrons. The third kappa shape index (κ3) is 4.99. The number of piperidine rings is 1. The zero-order valence-electron chi connectivity index (χ0n) is 15.6. The highest BCUT2D eigenvalue weighted by Gasteiger charge is 2.34. The lowest BCUT2D eigenvalue weighted by Gasteiger charge is -2.32. The first-order valence-corrected chi connectivity index (χ1v) is 10.9. The average molecular weight is 405 g/mol. The van der Waals surface area contributed by atoms with E-state index in [2.05, 4.69) is 10.6 Å². The monoisotopic (exact) mass is 405 g/mol. The van der Waals surface area contributed by atoms with E-state index >= 15 is 0 Å². The van der Waals surface area contributed by atoms with Crippen LogP contribution in [0.3, 0.4) is 0 Å². The van der Waals surface area contributed by atoms with E-state index in [1.807, 2.05) is 0 Å². The predicted octanol–water partition coefficient (Wildman–Crippen LogP) is 1.96. The molecule has 1 atom stereocenters. The number of carbonyl (C=O) groups is 2. The molecule has 1 saturated heterocycles. The van der Waals surface area contributed by atoms with E-state index in [1.165, 1.54) is 10.6 Å². The van der Waals surface area contributed by atoms with E-state index in [9.17, 15) is 18.0 Å². The Balaban J connectivity index is 1.55. The van der Waals surface area contributed by atoms with Gasteiger partial charge < -0.3 is 15.1 Å².